The van der Waals surface area contributed by atoms with Crippen LogP contribution in [0.15, 0.2) is 72.8 Å². The molecule has 0 unspecified atom stereocenters. The smallest absolute Gasteiger partial charge is 0.303 e. The van der Waals surface area contributed by atoms with Gasteiger partial charge in [-0.3, -0.25) is 9.59 Å². The van der Waals surface area contributed by atoms with Crippen LogP contribution in [0.5, 0.6) is 0 Å². The number of halogens is 1. The molecule has 36 heavy (non-hydrogen) atoms. The lowest BCUT2D eigenvalue weighted by Gasteiger charge is -2.23. The van der Waals surface area contributed by atoms with Crippen LogP contribution in [0.3, 0.4) is 0 Å². The zero-order valence-electron chi connectivity index (χ0n) is 20.9. The first-order valence-corrected chi connectivity index (χ1v) is 12.8. The number of rotatable bonds is 11. The highest BCUT2D eigenvalue weighted by molar-refractivity contribution is 5.86. The number of fused-ring (bicyclic) bond motifs is 1. The molecule has 0 aliphatic carbocycles. The number of benzene rings is 3. The summed E-state index contributed by atoms with van der Waals surface area (Å²) in [5.41, 5.74) is 2.58. The topological polar surface area (TPSA) is 69.6 Å². The number of nitrogens with zero attached hydrogens (tertiary/aromatic N) is 1. The summed E-state index contributed by atoms with van der Waals surface area (Å²) in [6.07, 6.45) is 2.83. The molecule has 6 heteroatoms. The van der Waals surface area contributed by atoms with Crippen LogP contribution in [0.4, 0.5) is 0 Å². The van der Waals surface area contributed by atoms with Crippen molar-refractivity contribution in [1.29, 1.82) is 0 Å². The zero-order valence-corrected chi connectivity index (χ0v) is 21.8. The quantitative estimate of drug-likeness (QED) is 0.303. The molecule has 2 N–H and O–H groups in total. The van der Waals surface area contributed by atoms with Gasteiger partial charge in [-0.15, -0.1) is 12.4 Å². The number of carboxylic acids is 1. The predicted octanol–water partition coefficient (Wildman–Crippen LogP) is 6.19. The first kappa shape index (κ1) is 27.7. The molecule has 1 heterocycles. The van der Waals surface area contributed by atoms with Crippen LogP contribution in [-0.4, -0.2) is 41.5 Å². The maximum Gasteiger partial charge on any atom is 0.303 e. The third kappa shape index (κ3) is 7.08. The molecule has 3 aromatic rings. The van der Waals surface area contributed by atoms with Crippen molar-refractivity contribution in [3.63, 3.8) is 0 Å². The molecule has 1 aliphatic rings. The van der Waals surface area contributed by atoms with E-state index in [1.165, 1.54) is 21.9 Å². The minimum Gasteiger partial charge on any atom is -0.481 e. The van der Waals surface area contributed by atoms with Gasteiger partial charge in [-0.1, -0.05) is 79.2 Å². The second kappa shape index (κ2) is 13.4. The highest BCUT2D eigenvalue weighted by atomic mass is 35.5. The van der Waals surface area contributed by atoms with Gasteiger partial charge in [-0.2, -0.15) is 0 Å². The van der Waals surface area contributed by atoms with Gasteiger partial charge in [0.25, 0.3) is 0 Å². The van der Waals surface area contributed by atoms with Crippen molar-refractivity contribution in [2.45, 2.75) is 51.0 Å². The van der Waals surface area contributed by atoms with E-state index in [9.17, 15) is 9.59 Å². The van der Waals surface area contributed by atoms with Crippen LogP contribution in [0.2, 0.25) is 0 Å². The molecule has 0 spiro atoms. The van der Waals surface area contributed by atoms with E-state index in [1.54, 1.807) is 0 Å². The van der Waals surface area contributed by atoms with E-state index < -0.39 is 5.97 Å². The lowest BCUT2D eigenvalue weighted by molar-refractivity contribution is -0.137. The molecule has 1 aliphatic heterocycles. The Balaban J connectivity index is 0.00000361. The fraction of sp³-hybridized carbons (Fsp3) is 0.400. The van der Waals surface area contributed by atoms with Crippen LogP contribution < -0.4 is 5.32 Å². The van der Waals surface area contributed by atoms with Crippen molar-refractivity contribution in [3.05, 3.63) is 83.9 Å². The van der Waals surface area contributed by atoms with Crippen LogP contribution >= 0.6 is 12.4 Å². The van der Waals surface area contributed by atoms with E-state index >= 15 is 0 Å². The molecular formula is C30H37ClN2O3. The standard InChI is InChI=1S/C30H36N2O3.ClH/c1-22(26-16-10-14-23-13-8-9-15-27(23)26)31-19-25-20-32(21-28(25)24-11-4-2-5-12-24)29(33)17-6-3-7-18-30(34)35;/h2,4-5,8-16,22,25,28,31H,3,6-7,17-21H2,1H3,(H,34,35);1H/t22-,25+,28-;/m1./s1. The lowest BCUT2D eigenvalue weighted by Crippen LogP contribution is -2.31. The molecule has 0 radical (unpaired) electrons. The molecule has 1 fully saturated rings. The third-order valence-corrected chi connectivity index (χ3v) is 7.28. The van der Waals surface area contributed by atoms with E-state index in [4.69, 9.17) is 5.11 Å². The van der Waals surface area contributed by atoms with Crippen LogP contribution in [0, 0.1) is 5.92 Å². The Labute approximate surface area is 220 Å². The van der Waals surface area contributed by atoms with Crippen molar-refractivity contribution in [3.8, 4) is 0 Å². The molecule has 0 aromatic heterocycles. The Kier molecular flexibility index (Phi) is 10.3. The highest BCUT2D eigenvalue weighted by Crippen LogP contribution is 2.34. The maximum atomic E-state index is 13.0. The molecule has 0 saturated carbocycles. The molecule has 192 valence electrons. The molecule has 3 atom stereocenters. The van der Waals surface area contributed by atoms with Gasteiger partial charge in [0.1, 0.15) is 0 Å². The Morgan fingerprint density at radius 3 is 2.39 bits per heavy atom. The third-order valence-electron chi connectivity index (χ3n) is 7.28. The summed E-state index contributed by atoms with van der Waals surface area (Å²) in [5, 5.41) is 15.1. The van der Waals surface area contributed by atoms with Crippen molar-refractivity contribution in [2.24, 2.45) is 5.92 Å². The summed E-state index contributed by atoms with van der Waals surface area (Å²) >= 11 is 0. The first-order chi connectivity index (χ1) is 17.0. The summed E-state index contributed by atoms with van der Waals surface area (Å²) in [6.45, 7) is 4.55. The number of carboxylic acid groups (broad SMARTS) is 1. The molecule has 1 saturated heterocycles. The van der Waals surface area contributed by atoms with E-state index in [-0.39, 0.29) is 30.8 Å². The van der Waals surface area contributed by atoms with Crippen molar-refractivity contribution >= 4 is 35.1 Å². The predicted molar refractivity (Wildman–Crippen MR) is 148 cm³/mol. The van der Waals surface area contributed by atoms with Crippen molar-refractivity contribution in [2.75, 3.05) is 19.6 Å². The summed E-state index contributed by atoms with van der Waals surface area (Å²) < 4.78 is 0. The van der Waals surface area contributed by atoms with E-state index in [2.05, 4.69) is 79.0 Å². The number of amides is 1. The number of nitrogens with one attached hydrogen (secondary N) is 1. The number of hydrogen-bond acceptors (Lipinski definition) is 3. The fourth-order valence-electron chi connectivity index (χ4n) is 5.31. The van der Waals surface area contributed by atoms with Gasteiger partial charge >= 0.3 is 5.97 Å². The number of aliphatic carboxylic acids is 1. The Bertz CT molecular complexity index is 1130. The number of likely N-dealkylation sites (tertiary alicyclic amines) is 1. The van der Waals surface area contributed by atoms with Gasteiger partial charge in [0, 0.05) is 44.4 Å². The molecule has 3 aromatic carbocycles. The van der Waals surface area contributed by atoms with Gasteiger partial charge < -0.3 is 15.3 Å². The van der Waals surface area contributed by atoms with Gasteiger partial charge in [0.2, 0.25) is 5.91 Å². The average molecular weight is 509 g/mol. The van der Waals surface area contributed by atoms with Crippen LogP contribution in [0.25, 0.3) is 10.8 Å². The Morgan fingerprint density at radius 1 is 0.917 bits per heavy atom. The lowest BCUT2D eigenvalue weighted by atomic mass is 9.88. The molecular weight excluding hydrogens is 472 g/mol. The Hall–Kier alpha value is -2.89. The minimum atomic E-state index is -0.769. The number of carbonyl (C=O) groups is 2. The molecule has 0 bridgehead atoms. The monoisotopic (exact) mass is 508 g/mol. The van der Waals surface area contributed by atoms with Gasteiger partial charge in [0.05, 0.1) is 0 Å². The maximum absolute atomic E-state index is 13.0. The highest BCUT2D eigenvalue weighted by Gasteiger charge is 2.35. The number of unbranched alkanes of at least 4 members (excludes halogenated alkanes) is 2. The van der Waals surface area contributed by atoms with E-state index in [0.29, 0.717) is 24.7 Å². The normalized spacial score (nSPS) is 18.1. The van der Waals surface area contributed by atoms with Crippen LogP contribution in [-0.2, 0) is 9.59 Å². The van der Waals surface area contributed by atoms with Gasteiger partial charge in [0.15, 0.2) is 0 Å². The first-order valence-electron chi connectivity index (χ1n) is 12.8. The molecule has 1 amide bonds. The molecule has 5 nitrogen and oxygen atoms in total. The SMILES string of the molecule is C[C@@H](NC[C@H]1CN(C(=O)CCCCCC(=O)O)C[C@@H]1c1ccccc1)c1cccc2ccccc12.Cl. The Morgan fingerprint density at radius 2 is 1.61 bits per heavy atom. The summed E-state index contributed by atoms with van der Waals surface area (Å²) in [6, 6.07) is 25.7. The van der Waals surface area contributed by atoms with E-state index in [0.717, 1.165) is 32.5 Å². The van der Waals surface area contributed by atoms with E-state index in [1.807, 2.05) is 11.0 Å². The second-order valence-corrected chi connectivity index (χ2v) is 9.73. The van der Waals surface area contributed by atoms with Crippen molar-refractivity contribution in [1.82, 2.24) is 10.2 Å². The summed E-state index contributed by atoms with van der Waals surface area (Å²) in [5.74, 6) is 0.0608. The van der Waals surface area contributed by atoms with Crippen molar-refractivity contribution < 1.29 is 14.7 Å². The van der Waals surface area contributed by atoms with Gasteiger partial charge in [-0.05, 0) is 47.6 Å². The van der Waals surface area contributed by atoms with Crippen LogP contribution in [0.1, 0.15) is 62.1 Å². The second-order valence-electron chi connectivity index (χ2n) is 9.73. The molecule has 4 rings (SSSR count). The number of carbonyl (C=O) groups excluding carboxylic acids is 1. The summed E-state index contributed by atoms with van der Waals surface area (Å²) in [7, 11) is 0. The van der Waals surface area contributed by atoms with Gasteiger partial charge in [-0.25, -0.2) is 0 Å². The zero-order chi connectivity index (χ0) is 24.6. The number of hydrogen-bond donors (Lipinski definition) is 2. The minimum absolute atomic E-state index is 0. The fourth-order valence-corrected chi connectivity index (χ4v) is 5.31. The summed E-state index contributed by atoms with van der Waals surface area (Å²) in [4.78, 5) is 25.7. The average Bonchev–Trinajstić information content (AvgIpc) is 3.31. The largest absolute Gasteiger partial charge is 0.481 e.